The normalized spacial score (nSPS) is 18.1. The Balaban J connectivity index is 2.82. The molecule has 1 aromatic rings. The summed E-state index contributed by atoms with van der Waals surface area (Å²) in [5.74, 6) is -0.0509. The van der Waals surface area contributed by atoms with Crippen molar-refractivity contribution in [2.24, 2.45) is 0 Å². The third-order valence-electron chi connectivity index (χ3n) is 0.547. The van der Waals surface area contributed by atoms with Gasteiger partial charge in [0.25, 0.3) is 0 Å². The van der Waals surface area contributed by atoms with Crippen molar-refractivity contribution in [3.05, 3.63) is 9.27 Å². The van der Waals surface area contributed by atoms with Crippen LogP contribution in [0, 0.1) is 0 Å². The van der Waals surface area contributed by atoms with Crippen LogP contribution in [0.2, 0.25) is 0 Å². The Kier molecular flexibility index (Phi) is 0.818. The summed E-state index contributed by atoms with van der Waals surface area (Å²) in [4.78, 5) is 3.55. The summed E-state index contributed by atoms with van der Waals surface area (Å²) in [6.45, 7) is 0. The van der Waals surface area contributed by atoms with E-state index in [0.29, 0.717) is 3.79 Å². The molecule has 4 heteroatoms. The molecule has 0 fully saturated rings. The van der Waals surface area contributed by atoms with Crippen LogP contribution in [-0.2, 0) is 0 Å². The van der Waals surface area contributed by atoms with Crippen LogP contribution >= 0.6 is 27.3 Å². The Bertz CT molecular complexity index is 285. The molecule has 0 aliphatic heterocycles. The van der Waals surface area contributed by atoms with E-state index >= 15 is 0 Å². The van der Waals surface area contributed by atoms with Crippen LogP contribution in [0.15, 0.2) is 9.27 Å². The lowest BCUT2D eigenvalue weighted by Gasteiger charge is -1.89. The molecule has 1 aromatic heterocycles. The van der Waals surface area contributed by atoms with Crippen molar-refractivity contribution in [2.75, 3.05) is 7.04 Å². The van der Waals surface area contributed by atoms with Gasteiger partial charge in [0.15, 0.2) is 0 Å². The molecule has 0 aliphatic carbocycles. The van der Waals surface area contributed by atoms with E-state index in [2.05, 4.69) is 25.7 Å². The van der Waals surface area contributed by atoms with Gasteiger partial charge in [-0.3, -0.25) is 0 Å². The van der Waals surface area contributed by atoms with Gasteiger partial charge < -0.3 is 4.74 Å². The standard InChI is InChI=1S/C4H4BrNOS/c1-7-4-3(5)8-2-6-4/h2H,1H3/i1D3,2D. The minimum Gasteiger partial charge on any atom is -0.480 e. The van der Waals surface area contributed by atoms with Crippen molar-refractivity contribution in [1.82, 2.24) is 4.98 Å². The largest absolute Gasteiger partial charge is 0.480 e. The van der Waals surface area contributed by atoms with E-state index in [4.69, 9.17) is 5.48 Å². The molecule has 44 valence electrons. The molecule has 0 unspecified atom stereocenters. The molecular formula is C4H4BrNOS. The molecule has 0 amide bonds. The van der Waals surface area contributed by atoms with E-state index in [1.54, 1.807) is 0 Å². The smallest absolute Gasteiger partial charge is 0.238 e. The van der Waals surface area contributed by atoms with Gasteiger partial charge in [0.05, 0.1) is 18.0 Å². The minimum atomic E-state index is -2.51. The zero-order chi connectivity index (χ0) is 9.35. The molecule has 0 spiro atoms. The third kappa shape index (κ3) is 1.00. The Morgan fingerprint density at radius 3 is 3.62 bits per heavy atom. The molecule has 0 N–H and O–H groups in total. The lowest BCUT2D eigenvalue weighted by atomic mass is 10.9. The van der Waals surface area contributed by atoms with Gasteiger partial charge in [-0.05, 0) is 15.9 Å². The van der Waals surface area contributed by atoms with Crippen LogP contribution < -0.4 is 4.74 Å². The van der Waals surface area contributed by atoms with E-state index in [1.807, 2.05) is 0 Å². The van der Waals surface area contributed by atoms with E-state index < -0.39 is 7.04 Å². The van der Waals surface area contributed by atoms with Crippen LogP contribution in [-0.4, -0.2) is 12.0 Å². The van der Waals surface area contributed by atoms with Gasteiger partial charge in [-0.15, -0.1) is 11.3 Å². The van der Waals surface area contributed by atoms with Gasteiger partial charge >= 0.3 is 0 Å². The number of thiazole rings is 1. The third-order valence-corrected chi connectivity index (χ3v) is 1.91. The average molecular weight is 198 g/mol. The van der Waals surface area contributed by atoms with Gasteiger partial charge in [-0.1, -0.05) is 0 Å². The maximum Gasteiger partial charge on any atom is 0.238 e. The number of hydrogen-bond donors (Lipinski definition) is 0. The quantitative estimate of drug-likeness (QED) is 0.687. The zero-order valence-electron chi connectivity index (χ0n) is 7.64. The zero-order valence-corrected chi connectivity index (χ0v) is 6.04. The first-order valence-corrected chi connectivity index (χ1v) is 3.31. The van der Waals surface area contributed by atoms with Crippen molar-refractivity contribution in [2.45, 2.75) is 0 Å². The van der Waals surface area contributed by atoms with Crippen LogP contribution in [0.4, 0.5) is 0 Å². The lowest BCUT2D eigenvalue weighted by Crippen LogP contribution is -1.80. The number of aromatic nitrogens is 1. The summed E-state index contributed by atoms with van der Waals surface area (Å²) in [5, 5.41) is 0. The summed E-state index contributed by atoms with van der Waals surface area (Å²) in [5.41, 5.74) is 0.0149. The van der Waals surface area contributed by atoms with Gasteiger partial charge in [-0.2, -0.15) is 0 Å². The van der Waals surface area contributed by atoms with Gasteiger partial charge in [-0.25, -0.2) is 4.98 Å². The summed E-state index contributed by atoms with van der Waals surface area (Å²) in [7, 11) is -2.51. The SMILES string of the molecule is [2H]c1nc(OC([2H])([2H])[2H])c(Br)s1. The van der Waals surface area contributed by atoms with Crippen LogP contribution in [0.25, 0.3) is 0 Å². The summed E-state index contributed by atoms with van der Waals surface area (Å²) in [6.07, 6.45) is 0. The summed E-state index contributed by atoms with van der Waals surface area (Å²) < 4.78 is 32.3. The second kappa shape index (κ2) is 2.46. The van der Waals surface area contributed by atoms with E-state index in [1.165, 1.54) is 0 Å². The highest BCUT2D eigenvalue weighted by Crippen LogP contribution is 2.26. The molecular weight excluding hydrogens is 190 g/mol. The van der Waals surface area contributed by atoms with Crippen LogP contribution in [0.5, 0.6) is 5.88 Å². The van der Waals surface area contributed by atoms with Crippen molar-refractivity contribution in [3.8, 4) is 5.88 Å². The first kappa shape index (κ1) is 2.66. The Morgan fingerprint density at radius 2 is 3.12 bits per heavy atom. The molecule has 0 saturated heterocycles. The summed E-state index contributed by atoms with van der Waals surface area (Å²) in [6, 6.07) is 0. The first-order chi connectivity index (χ1) is 5.38. The number of rotatable bonds is 1. The highest BCUT2D eigenvalue weighted by molar-refractivity contribution is 9.11. The average Bonchev–Trinajstić information content (AvgIpc) is 2.06. The first-order valence-electron chi connectivity index (χ1n) is 3.70. The molecule has 0 atom stereocenters. The Labute approximate surface area is 65.3 Å². The predicted molar refractivity (Wildman–Crippen MR) is 36.4 cm³/mol. The number of hydrogen-bond acceptors (Lipinski definition) is 3. The van der Waals surface area contributed by atoms with E-state index in [0.717, 1.165) is 11.3 Å². The van der Waals surface area contributed by atoms with Crippen LogP contribution in [0.1, 0.15) is 5.48 Å². The second-order valence-corrected chi connectivity index (χ2v) is 3.10. The van der Waals surface area contributed by atoms with Crippen molar-refractivity contribution < 1.29 is 10.2 Å². The highest BCUT2D eigenvalue weighted by Gasteiger charge is 1.98. The lowest BCUT2D eigenvalue weighted by molar-refractivity contribution is 0.398. The fourth-order valence-electron chi connectivity index (χ4n) is 0.255. The molecule has 0 saturated carbocycles. The number of ether oxygens (including phenoxy) is 1. The van der Waals surface area contributed by atoms with Gasteiger partial charge in [0, 0.05) is 0 Å². The molecule has 0 aromatic carbocycles. The molecule has 0 radical (unpaired) electrons. The van der Waals surface area contributed by atoms with Crippen molar-refractivity contribution in [1.29, 1.82) is 0 Å². The molecule has 8 heavy (non-hydrogen) atoms. The Hall–Kier alpha value is -0.0900. The number of methoxy groups -OCH3 is 1. The van der Waals surface area contributed by atoms with E-state index in [9.17, 15) is 0 Å². The minimum absolute atomic E-state index is 0.0149. The molecule has 1 heterocycles. The highest BCUT2D eigenvalue weighted by atomic mass is 79.9. The van der Waals surface area contributed by atoms with Crippen LogP contribution in [0.3, 0.4) is 0 Å². The topological polar surface area (TPSA) is 22.1 Å². The Morgan fingerprint density at radius 1 is 2.25 bits per heavy atom. The number of nitrogens with zero attached hydrogens (tertiary/aromatic N) is 1. The fourth-order valence-corrected chi connectivity index (χ4v) is 1.02. The van der Waals surface area contributed by atoms with E-state index in [-0.39, 0.29) is 11.4 Å². The predicted octanol–water partition coefficient (Wildman–Crippen LogP) is 1.91. The van der Waals surface area contributed by atoms with Gasteiger partial charge in [0.2, 0.25) is 5.88 Å². The molecule has 2 nitrogen and oxygen atoms in total. The van der Waals surface area contributed by atoms with Gasteiger partial charge in [0.1, 0.15) is 3.79 Å². The van der Waals surface area contributed by atoms with Crippen molar-refractivity contribution in [3.63, 3.8) is 0 Å². The monoisotopic (exact) mass is 197 g/mol. The maximum atomic E-state index is 7.08. The maximum absolute atomic E-state index is 7.08. The second-order valence-electron chi connectivity index (χ2n) is 0.986. The molecule has 0 bridgehead atoms. The number of halogens is 1. The molecule has 0 aliphatic rings. The molecule has 1 rings (SSSR count). The fraction of sp³-hybridized carbons (Fsp3) is 0.250. The van der Waals surface area contributed by atoms with Crippen molar-refractivity contribution >= 4 is 27.3 Å². The summed E-state index contributed by atoms with van der Waals surface area (Å²) >= 11 is 4.04.